The number of phenols is 1. The third kappa shape index (κ3) is 5.03. The molecule has 2 aromatic rings. The Bertz CT molecular complexity index is 771. The molecule has 154 valence electrons. The zero-order valence-electron chi connectivity index (χ0n) is 16.1. The first-order valence-electron chi connectivity index (χ1n) is 9.53. The number of aliphatic hydroxyl groups is 2. The number of hydrogen-bond donors (Lipinski definition) is 4. The van der Waals surface area contributed by atoms with Gasteiger partial charge in [0.15, 0.2) is 11.6 Å². The van der Waals surface area contributed by atoms with Gasteiger partial charge < -0.3 is 20.6 Å². The molecule has 4 nitrogen and oxygen atoms in total. The van der Waals surface area contributed by atoms with Crippen molar-refractivity contribution < 1.29 is 19.7 Å². The smallest absolute Gasteiger partial charge is 0.165 e. The molecule has 1 heterocycles. The molecule has 2 aromatic carbocycles. The fourth-order valence-corrected chi connectivity index (χ4v) is 4.22. The van der Waals surface area contributed by atoms with Crippen LogP contribution in [0.25, 0.3) is 0 Å². The van der Waals surface area contributed by atoms with Crippen LogP contribution in [0.3, 0.4) is 0 Å². The van der Waals surface area contributed by atoms with Gasteiger partial charge in [0.25, 0.3) is 0 Å². The first-order valence-corrected chi connectivity index (χ1v) is 9.53. The van der Waals surface area contributed by atoms with Crippen molar-refractivity contribution in [2.45, 2.75) is 50.2 Å². The fraction of sp³-hybridized carbons (Fsp3) is 0.455. The van der Waals surface area contributed by atoms with E-state index in [1.807, 2.05) is 31.2 Å². The molecule has 0 spiro atoms. The maximum absolute atomic E-state index is 14.0. The molecule has 3 unspecified atom stereocenters. The van der Waals surface area contributed by atoms with E-state index in [1.54, 1.807) is 6.07 Å². The van der Waals surface area contributed by atoms with Crippen molar-refractivity contribution in [3.63, 3.8) is 0 Å². The minimum absolute atomic E-state index is 0. The van der Waals surface area contributed by atoms with Gasteiger partial charge in [-0.15, -0.1) is 12.4 Å². The molecule has 3 atom stereocenters. The highest BCUT2D eigenvalue weighted by Gasteiger charge is 2.45. The number of benzene rings is 2. The van der Waals surface area contributed by atoms with Crippen LogP contribution in [0.2, 0.25) is 0 Å². The highest BCUT2D eigenvalue weighted by atomic mass is 35.5. The van der Waals surface area contributed by atoms with E-state index in [2.05, 4.69) is 5.32 Å². The van der Waals surface area contributed by atoms with Gasteiger partial charge in [-0.25, -0.2) is 4.39 Å². The van der Waals surface area contributed by atoms with E-state index in [-0.39, 0.29) is 31.0 Å². The number of halogens is 2. The zero-order chi connectivity index (χ0) is 19.4. The molecule has 0 aromatic heterocycles. The summed E-state index contributed by atoms with van der Waals surface area (Å²) >= 11 is 0. The lowest BCUT2D eigenvalue weighted by molar-refractivity contribution is -0.0282. The number of aryl methyl sites for hydroxylation is 1. The van der Waals surface area contributed by atoms with E-state index in [9.17, 15) is 19.7 Å². The number of aliphatic hydroxyl groups excluding tert-OH is 1. The summed E-state index contributed by atoms with van der Waals surface area (Å²) in [5.41, 5.74) is 1.82. The van der Waals surface area contributed by atoms with Gasteiger partial charge in [0, 0.05) is 25.0 Å². The topological polar surface area (TPSA) is 72.7 Å². The van der Waals surface area contributed by atoms with Crippen LogP contribution in [-0.2, 0) is 6.42 Å². The lowest BCUT2D eigenvalue weighted by atomic mass is 9.69. The minimum Gasteiger partial charge on any atom is -0.505 e. The number of nitrogens with one attached hydrogen (secondary N) is 1. The van der Waals surface area contributed by atoms with Gasteiger partial charge in [0.1, 0.15) is 0 Å². The molecule has 0 aliphatic carbocycles. The Kier molecular flexibility index (Phi) is 7.84. The van der Waals surface area contributed by atoms with E-state index in [1.165, 1.54) is 12.1 Å². The number of piperidine rings is 1. The average molecular weight is 410 g/mol. The van der Waals surface area contributed by atoms with E-state index in [0.29, 0.717) is 37.8 Å². The first kappa shape index (κ1) is 22.6. The maximum Gasteiger partial charge on any atom is 0.165 e. The Morgan fingerprint density at radius 1 is 1.18 bits per heavy atom. The Hall–Kier alpha value is -1.66. The molecule has 6 heteroatoms. The summed E-state index contributed by atoms with van der Waals surface area (Å²) < 4.78 is 14.0. The highest BCUT2D eigenvalue weighted by Crippen LogP contribution is 2.41. The standard InChI is InChI=1S/C22H28FNO3.ClH/c1-15-4-6-16(7-5-15)14-22(27)10-11-24-19(3-2-12-25)21(22)17-8-9-20(26)18(23)13-17;/h4-9,13,19,21,24-27H,2-3,10-12,14H2,1H3;1H. The maximum atomic E-state index is 14.0. The SMILES string of the molecule is Cc1ccc(CC2(O)CCNC(CCCO)C2c2ccc(O)c(F)c2)cc1.Cl. The van der Waals surface area contributed by atoms with Gasteiger partial charge in [0.05, 0.1) is 5.60 Å². The van der Waals surface area contributed by atoms with Gasteiger partial charge in [-0.1, -0.05) is 35.9 Å². The van der Waals surface area contributed by atoms with Crippen molar-refractivity contribution in [1.82, 2.24) is 5.32 Å². The van der Waals surface area contributed by atoms with Crippen molar-refractivity contribution in [2.24, 2.45) is 0 Å². The van der Waals surface area contributed by atoms with E-state index < -0.39 is 17.2 Å². The molecule has 1 aliphatic rings. The summed E-state index contributed by atoms with van der Waals surface area (Å²) in [6, 6.07) is 12.4. The first-order chi connectivity index (χ1) is 12.9. The van der Waals surface area contributed by atoms with Gasteiger partial charge in [-0.3, -0.25) is 0 Å². The second-order valence-electron chi connectivity index (χ2n) is 7.63. The summed E-state index contributed by atoms with van der Waals surface area (Å²) in [4.78, 5) is 0. The van der Waals surface area contributed by atoms with Gasteiger partial charge >= 0.3 is 0 Å². The fourth-order valence-electron chi connectivity index (χ4n) is 4.22. The number of phenolic OH excluding ortho intramolecular Hbond substituents is 1. The Morgan fingerprint density at radius 2 is 1.89 bits per heavy atom. The largest absolute Gasteiger partial charge is 0.505 e. The van der Waals surface area contributed by atoms with Crippen LogP contribution in [0.5, 0.6) is 5.75 Å². The predicted octanol–water partition coefficient (Wildman–Crippen LogP) is 3.45. The monoisotopic (exact) mass is 409 g/mol. The highest BCUT2D eigenvalue weighted by molar-refractivity contribution is 5.85. The molecule has 28 heavy (non-hydrogen) atoms. The predicted molar refractivity (Wildman–Crippen MR) is 111 cm³/mol. The van der Waals surface area contributed by atoms with E-state index >= 15 is 0 Å². The summed E-state index contributed by atoms with van der Waals surface area (Å²) in [5.74, 6) is -1.41. The molecular weight excluding hydrogens is 381 g/mol. The van der Waals surface area contributed by atoms with Crippen molar-refractivity contribution >= 4 is 12.4 Å². The van der Waals surface area contributed by atoms with Gasteiger partial charge in [-0.05, 0) is 56.0 Å². The molecule has 0 amide bonds. The van der Waals surface area contributed by atoms with Crippen LogP contribution in [-0.4, -0.2) is 40.1 Å². The van der Waals surface area contributed by atoms with Crippen LogP contribution in [0.15, 0.2) is 42.5 Å². The van der Waals surface area contributed by atoms with Crippen molar-refractivity contribution in [1.29, 1.82) is 0 Å². The third-order valence-corrected chi connectivity index (χ3v) is 5.58. The van der Waals surface area contributed by atoms with Crippen LogP contribution in [0.4, 0.5) is 4.39 Å². The lowest BCUT2D eigenvalue weighted by Gasteiger charge is -2.46. The molecular formula is C22H29ClFNO3. The number of rotatable bonds is 6. The second kappa shape index (κ2) is 9.70. The Morgan fingerprint density at radius 3 is 2.54 bits per heavy atom. The van der Waals surface area contributed by atoms with E-state index in [4.69, 9.17) is 0 Å². The summed E-state index contributed by atoms with van der Waals surface area (Å²) in [6.45, 7) is 2.76. The van der Waals surface area contributed by atoms with Crippen molar-refractivity contribution in [3.8, 4) is 5.75 Å². The molecule has 0 bridgehead atoms. The molecule has 1 aliphatic heterocycles. The quantitative estimate of drug-likeness (QED) is 0.589. The van der Waals surface area contributed by atoms with Crippen molar-refractivity contribution in [3.05, 3.63) is 65.0 Å². The van der Waals surface area contributed by atoms with Crippen LogP contribution in [0, 0.1) is 12.7 Å². The second-order valence-corrected chi connectivity index (χ2v) is 7.63. The number of hydrogen-bond acceptors (Lipinski definition) is 4. The van der Waals surface area contributed by atoms with Crippen LogP contribution < -0.4 is 5.32 Å². The Labute approximate surface area is 171 Å². The van der Waals surface area contributed by atoms with Gasteiger partial charge in [0.2, 0.25) is 0 Å². The van der Waals surface area contributed by atoms with E-state index in [0.717, 1.165) is 11.1 Å². The molecule has 1 saturated heterocycles. The normalized spacial score (nSPS) is 24.6. The summed E-state index contributed by atoms with van der Waals surface area (Å²) in [6.07, 6.45) is 2.30. The summed E-state index contributed by atoms with van der Waals surface area (Å²) in [7, 11) is 0. The van der Waals surface area contributed by atoms with Crippen molar-refractivity contribution in [2.75, 3.05) is 13.2 Å². The number of aromatic hydroxyl groups is 1. The van der Waals surface area contributed by atoms with Crippen LogP contribution in [0.1, 0.15) is 41.9 Å². The minimum atomic E-state index is -1.04. The third-order valence-electron chi connectivity index (χ3n) is 5.58. The molecule has 1 fully saturated rings. The average Bonchev–Trinajstić information content (AvgIpc) is 2.64. The Balaban J connectivity index is 0.00000280. The molecule has 0 saturated carbocycles. The molecule has 0 radical (unpaired) electrons. The molecule has 4 N–H and O–H groups in total. The summed E-state index contributed by atoms with van der Waals surface area (Å²) in [5, 5.41) is 33.9. The zero-order valence-corrected chi connectivity index (χ0v) is 16.9. The molecule has 3 rings (SSSR count). The van der Waals surface area contributed by atoms with Crippen LogP contribution >= 0.6 is 12.4 Å². The van der Waals surface area contributed by atoms with Gasteiger partial charge in [-0.2, -0.15) is 0 Å². The lowest BCUT2D eigenvalue weighted by Crippen LogP contribution is -2.55.